The molecule has 1 aromatic carbocycles. The van der Waals surface area contributed by atoms with Gasteiger partial charge in [-0.25, -0.2) is 0 Å². The molecular weight excluding hydrogens is 338 g/mol. The van der Waals surface area contributed by atoms with Gasteiger partial charge < -0.3 is 19.4 Å². The molecule has 0 unspecified atom stereocenters. The fourth-order valence-corrected chi connectivity index (χ4v) is 3.59. The van der Waals surface area contributed by atoms with E-state index in [1.54, 1.807) is 7.11 Å². The van der Waals surface area contributed by atoms with Gasteiger partial charge in [0.25, 0.3) is 5.91 Å². The molecule has 1 aliphatic heterocycles. The molecule has 0 radical (unpaired) electrons. The summed E-state index contributed by atoms with van der Waals surface area (Å²) in [6, 6.07) is 15.5. The lowest BCUT2D eigenvalue weighted by Gasteiger charge is -2.31. The summed E-state index contributed by atoms with van der Waals surface area (Å²) in [4.78, 5) is 15.1. The van der Waals surface area contributed by atoms with Crippen molar-refractivity contribution < 1.29 is 9.53 Å². The van der Waals surface area contributed by atoms with Crippen LogP contribution in [0.4, 0.5) is 11.5 Å². The Bertz CT molecular complexity index is 938. The Balaban J connectivity index is 1.56. The first-order valence-corrected chi connectivity index (χ1v) is 9.45. The fraction of sp³-hybridized carbons (Fsp3) is 0.318. The van der Waals surface area contributed by atoms with Crippen molar-refractivity contribution in [2.75, 3.05) is 30.4 Å². The van der Waals surface area contributed by atoms with Crippen molar-refractivity contribution in [2.45, 2.75) is 19.8 Å². The third kappa shape index (κ3) is 3.63. The van der Waals surface area contributed by atoms with E-state index in [1.807, 2.05) is 42.6 Å². The average Bonchev–Trinajstić information content (AvgIpc) is 3.12. The lowest BCUT2D eigenvalue weighted by atomic mass is 9.99. The molecular formula is C22H25N3O2. The molecule has 5 nitrogen and oxygen atoms in total. The summed E-state index contributed by atoms with van der Waals surface area (Å²) in [6.07, 6.45) is 4.36. The number of aromatic nitrogens is 1. The van der Waals surface area contributed by atoms with Crippen molar-refractivity contribution in [3.63, 3.8) is 0 Å². The van der Waals surface area contributed by atoms with Crippen LogP contribution in [0.1, 0.15) is 30.1 Å². The number of methoxy groups -OCH3 is 1. The highest BCUT2D eigenvalue weighted by atomic mass is 16.5. The van der Waals surface area contributed by atoms with Crippen molar-refractivity contribution >= 4 is 22.9 Å². The maximum atomic E-state index is 12.7. The van der Waals surface area contributed by atoms with E-state index in [-0.39, 0.29) is 5.91 Å². The molecule has 27 heavy (non-hydrogen) atoms. The van der Waals surface area contributed by atoms with Crippen LogP contribution in [0.5, 0.6) is 5.75 Å². The van der Waals surface area contributed by atoms with Gasteiger partial charge in [0.15, 0.2) is 0 Å². The van der Waals surface area contributed by atoms with Crippen molar-refractivity contribution in [2.24, 2.45) is 5.92 Å². The topological polar surface area (TPSA) is 46.0 Å². The van der Waals surface area contributed by atoms with Crippen LogP contribution in [0.3, 0.4) is 0 Å². The zero-order chi connectivity index (χ0) is 18.8. The maximum Gasteiger partial charge on any atom is 0.257 e. The molecule has 5 heteroatoms. The van der Waals surface area contributed by atoms with Crippen molar-refractivity contribution in [3.05, 3.63) is 60.3 Å². The second kappa shape index (κ2) is 7.35. The molecule has 1 saturated heterocycles. The smallest absolute Gasteiger partial charge is 0.257 e. The highest BCUT2D eigenvalue weighted by molar-refractivity contribution is 6.04. The minimum absolute atomic E-state index is 0.117. The molecule has 1 aliphatic rings. The molecule has 1 amide bonds. The number of nitrogens with zero attached hydrogens (tertiary/aromatic N) is 2. The number of carbonyl (C=O) groups is 1. The first-order valence-electron chi connectivity index (χ1n) is 9.45. The Labute approximate surface area is 159 Å². The summed E-state index contributed by atoms with van der Waals surface area (Å²) < 4.78 is 7.28. The first kappa shape index (κ1) is 17.5. The van der Waals surface area contributed by atoms with Crippen LogP contribution < -0.4 is 15.0 Å². The number of hydrogen-bond donors (Lipinski definition) is 1. The standard InChI is InChI=1S/C22H25N3O2/c1-16-11-13-24(14-12-16)21-10-7-19-6-3-17(15-25(19)21)22(26)23-18-4-8-20(27-2)9-5-18/h3-10,15-16H,11-14H2,1-2H3,(H,23,26). The number of pyridine rings is 1. The summed E-state index contributed by atoms with van der Waals surface area (Å²) in [7, 11) is 1.63. The van der Waals surface area contributed by atoms with E-state index in [1.165, 1.54) is 12.8 Å². The Hall–Kier alpha value is -2.95. The number of piperidine rings is 1. The molecule has 0 aliphatic carbocycles. The number of benzene rings is 1. The van der Waals surface area contributed by atoms with Crippen molar-refractivity contribution in [1.29, 1.82) is 0 Å². The molecule has 1 fully saturated rings. The Kier molecular flexibility index (Phi) is 4.75. The van der Waals surface area contributed by atoms with E-state index in [9.17, 15) is 4.79 Å². The third-order valence-corrected chi connectivity index (χ3v) is 5.35. The van der Waals surface area contributed by atoms with Crippen LogP contribution in [0.25, 0.3) is 5.52 Å². The van der Waals surface area contributed by atoms with Gasteiger partial charge in [0.05, 0.1) is 12.7 Å². The van der Waals surface area contributed by atoms with E-state index < -0.39 is 0 Å². The Morgan fingerprint density at radius 1 is 1.04 bits per heavy atom. The second-order valence-corrected chi connectivity index (χ2v) is 7.26. The summed E-state index contributed by atoms with van der Waals surface area (Å²) in [5.41, 5.74) is 2.49. The van der Waals surface area contributed by atoms with Crippen molar-refractivity contribution in [1.82, 2.24) is 4.40 Å². The zero-order valence-electron chi connectivity index (χ0n) is 15.8. The molecule has 3 heterocycles. The van der Waals surface area contributed by atoms with Gasteiger partial charge in [-0.3, -0.25) is 4.79 Å². The van der Waals surface area contributed by atoms with Gasteiger partial charge >= 0.3 is 0 Å². The van der Waals surface area contributed by atoms with Gasteiger partial charge in [0, 0.05) is 30.5 Å². The van der Waals surface area contributed by atoms with Crippen LogP contribution in [0.2, 0.25) is 0 Å². The average molecular weight is 363 g/mol. The summed E-state index contributed by atoms with van der Waals surface area (Å²) in [5.74, 6) is 2.60. The summed E-state index contributed by atoms with van der Waals surface area (Å²) in [5, 5.41) is 2.95. The molecule has 2 aromatic heterocycles. The molecule has 3 aromatic rings. The monoisotopic (exact) mass is 363 g/mol. The SMILES string of the molecule is COc1ccc(NC(=O)c2ccc3ccc(N4CCC(C)CC4)n3c2)cc1. The first-order chi connectivity index (χ1) is 13.1. The molecule has 0 bridgehead atoms. The molecule has 0 spiro atoms. The number of hydrogen-bond acceptors (Lipinski definition) is 3. The van der Waals surface area contributed by atoms with E-state index in [2.05, 4.69) is 33.7 Å². The van der Waals surface area contributed by atoms with Crippen LogP contribution in [-0.2, 0) is 0 Å². The van der Waals surface area contributed by atoms with Gasteiger partial charge in [-0.05, 0) is 67.3 Å². The lowest BCUT2D eigenvalue weighted by Crippen LogP contribution is -2.33. The van der Waals surface area contributed by atoms with Crippen LogP contribution >= 0.6 is 0 Å². The highest BCUT2D eigenvalue weighted by Crippen LogP contribution is 2.26. The quantitative estimate of drug-likeness (QED) is 0.745. The maximum absolute atomic E-state index is 12.7. The van der Waals surface area contributed by atoms with E-state index in [0.29, 0.717) is 5.56 Å². The number of carbonyl (C=O) groups excluding carboxylic acids is 1. The summed E-state index contributed by atoms with van der Waals surface area (Å²) >= 11 is 0. The van der Waals surface area contributed by atoms with Crippen LogP contribution in [-0.4, -0.2) is 30.5 Å². The Morgan fingerprint density at radius 2 is 1.74 bits per heavy atom. The number of ether oxygens (including phenoxy) is 1. The summed E-state index contributed by atoms with van der Waals surface area (Å²) in [6.45, 7) is 4.44. The van der Waals surface area contributed by atoms with Gasteiger partial charge in [-0.1, -0.05) is 6.92 Å². The number of anilines is 2. The Morgan fingerprint density at radius 3 is 2.44 bits per heavy atom. The molecule has 1 N–H and O–H groups in total. The number of fused-ring (bicyclic) bond motifs is 1. The predicted octanol–water partition coefficient (Wildman–Crippen LogP) is 4.44. The normalized spacial score (nSPS) is 15.1. The highest BCUT2D eigenvalue weighted by Gasteiger charge is 2.18. The lowest BCUT2D eigenvalue weighted by molar-refractivity contribution is 0.102. The third-order valence-electron chi connectivity index (χ3n) is 5.35. The second-order valence-electron chi connectivity index (χ2n) is 7.26. The largest absolute Gasteiger partial charge is 0.497 e. The molecule has 0 atom stereocenters. The minimum Gasteiger partial charge on any atom is -0.497 e. The van der Waals surface area contributed by atoms with Gasteiger partial charge in [0.2, 0.25) is 0 Å². The number of nitrogens with one attached hydrogen (secondary N) is 1. The van der Waals surface area contributed by atoms with Gasteiger partial charge in [-0.2, -0.15) is 0 Å². The van der Waals surface area contributed by atoms with Crippen LogP contribution in [0, 0.1) is 5.92 Å². The van der Waals surface area contributed by atoms with Gasteiger partial charge in [-0.15, -0.1) is 0 Å². The number of amides is 1. The molecule has 0 saturated carbocycles. The fourth-order valence-electron chi connectivity index (χ4n) is 3.59. The van der Waals surface area contributed by atoms with Crippen LogP contribution in [0.15, 0.2) is 54.7 Å². The molecule has 4 rings (SSSR count). The van der Waals surface area contributed by atoms with E-state index in [4.69, 9.17) is 4.74 Å². The zero-order valence-corrected chi connectivity index (χ0v) is 15.8. The van der Waals surface area contributed by atoms with Crippen molar-refractivity contribution in [3.8, 4) is 5.75 Å². The minimum atomic E-state index is -0.117. The predicted molar refractivity (Wildman–Crippen MR) is 109 cm³/mol. The number of rotatable bonds is 4. The molecule has 140 valence electrons. The van der Waals surface area contributed by atoms with E-state index >= 15 is 0 Å². The van der Waals surface area contributed by atoms with Gasteiger partial charge in [0.1, 0.15) is 11.6 Å². The van der Waals surface area contributed by atoms with E-state index in [0.717, 1.165) is 41.8 Å².